The molecule has 0 radical (unpaired) electrons. The van der Waals surface area contributed by atoms with E-state index in [1.165, 1.54) is 25.1 Å². The first kappa shape index (κ1) is 15.8. The highest BCUT2D eigenvalue weighted by molar-refractivity contribution is 8.00. The average molecular weight is 288 g/mol. The zero-order valence-electron chi connectivity index (χ0n) is 11.1. The Morgan fingerprint density at radius 1 is 1.26 bits per heavy atom. The fourth-order valence-corrected chi connectivity index (χ4v) is 2.86. The molecule has 0 aromatic carbocycles. The molecule has 0 aliphatic carbocycles. The largest absolute Gasteiger partial charge is 0.480 e. The second-order valence-corrected chi connectivity index (χ2v) is 5.58. The number of hydrogen-bond acceptors (Lipinski definition) is 4. The van der Waals surface area contributed by atoms with Gasteiger partial charge in [-0.3, -0.25) is 9.59 Å². The summed E-state index contributed by atoms with van der Waals surface area (Å²) in [6, 6.07) is -0.934. The van der Waals surface area contributed by atoms with Gasteiger partial charge < -0.3 is 15.3 Å². The van der Waals surface area contributed by atoms with Crippen molar-refractivity contribution < 1.29 is 19.5 Å². The summed E-state index contributed by atoms with van der Waals surface area (Å²) in [6.07, 6.45) is 3.25. The molecule has 2 amide bonds. The lowest BCUT2D eigenvalue weighted by Gasteiger charge is -2.26. The molecule has 1 aliphatic rings. The quantitative estimate of drug-likeness (QED) is 0.735. The first-order valence-electron chi connectivity index (χ1n) is 6.36. The van der Waals surface area contributed by atoms with Crippen molar-refractivity contribution in [2.45, 2.75) is 32.2 Å². The van der Waals surface area contributed by atoms with Crippen molar-refractivity contribution in [1.82, 2.24) is 10.2 Å². The zero-order chi connectivity index (χ0) is 14.3. The van der Waals surface area contributed by atoms with Gasteiger partial charge >= 0.3 is 5.97 Å². The minimum absolute atomic E-state index is 0.0525. The van der Waals surface area contributed by atoms with Crippen LogP contribution in [0.2, 0.25) is 0 Å². The number of carboxylic acid groups (broad SMARTS) is 1. The van der Waals surface area contributed by atoms with E-state index in [0.717, 1.165) is 25.9 Å². The fraction of sp³-hybridized carbons (Fsp3) is 0.750. The summed E-state index contributed by atoms with van der Waals surface area (Å²) in [4.78, 5) is 35.4. The number of nitrogens with zero attached hydrogens (tertiary/aromatic N) is 1. The molecule has 1 rings (SSSR count). The Labute approximate surface area is 116 Å². The van der Waals surface area contributed by atoms with E-state index in [0.29, 0.717) is 0 Å². The summed E-state index contributed by atoms with van der Waals surface area (Å²) in [5, 5.41) is 11.3. The molecular weight excluding hydrogens is 268 g/mol. The van der Waals surface area contributed by atoms with E-state index in [9.17, 15) is 14.4 Å². The van der Waals surface area contributed by atoms with Crippen molar-refractivity contribution >= 4 is 29.5 Å². The fourth-order valence-electron chi connectivity index (χ4n) is 1.92. The molecule has 2 N–H and O–H groups in total. The van der Waals surface area contributed by atoms with E-state index in [-0.39, 0.29) is 23.3 Å². The number of hydrogen-bond donors (Lipinski definition) is 2. The molecule has 108 valence electrons. The Morgan fingerprint density at radius 3 is 2.42 bits per heavy atom. The van der Waals surface area contributed by atoms with Gasteiger partial charge in [-0.05, 0) is 19.3 Å². The highest BCUT2D eigenvalue weighted by Gasteiger charge is 2.20. The number of carboxylic acids is 1. The lowest BCUT2D eigenvalue weighted by Crippen LogP contribution is -2.42. The summed E-state index contributed by atoms with van der Waals surface area (Å²) < 4.78 is 0. The first-order chi connectivity index (χ1) is 9.00. The maximum Gasteiger partial charge on any atom is 0.327 e. The third-order valence-corrected chi connectivity index (χ3v) is 3.91. The van der Waals surface area contributed by atoms with Gasteiger partial charge in [0.15, 0.2) is 0 Å². The van der Waals surface area contributed by atoms with Gasteiger partial charge in [-0.15, -0.1) is 11.8 Å². The molecular formula is C12H20N2O4S. The predicted molar refractivity (Wildman–Crippen MR) is 73.0 cm³/mol. The van der Waals surface area contributed by atoms with Crippen molar-refractivity contribution in [3.63, 3.8) is 0 Å². The molecule has 1 atom stereocenters. The number of rotatable bonds is 6. The molecule has 6 nitrogen and oxygen atoms in total. The van der Waals surface area contributed by atoms with Crippen molar-refractivity contribution in [2.75, 3.05) is 24.6 Å². The van der Waals surface area contributed by atoms with Crippen LogP contribution in [0.25, 0.3) is 0 Å². The number of nitrogens with one attached hydrogen (secondary N) is 1. The Kier molecular flexibility index (Phi) is 6.69. The van der Waals surface area contributed by atoms with Crippen LogP contribution in [0.4, 0.5) is 0 Å². The SMILES string of the molecule is CC(=O)N[C@@H](CSCC(=O)N1CCCCC1)C(=O)O. The van der Waals surface area contributed by atoms with Gasteiger partial charge in [-0.25, -0.2) is 4.79 Å². The maximum absolute atomic E-state index is 11.8. The van der Waals surface area contributed by atoms with E-state index >= 15 is 0 Å². The van der Waals surface area contributed by atoms with Crippen molar-refractivity contribution in [2.24, 2.45) is 0 Å². The second kappa shape index (κ2) is 8.04. The lowest BCUT2D eigenvalue weighted by atomic mass is 10.1. The lowest BCUT2D eigenvalue weighted by molar-refractivity contribution is -0.140. The smallest absolute Gasteiger partial charge is 0.327 e. The molecule has 19 heavy (non-hydrogen) atoms. The Hall–Kier alpha value is -1.24. The van der Waals surface area contributed by atoms with Gasteiger partial charge in [-0.2, -0.15) is 0 Å². The topological polar surface area (TPSA) is 86.7 Å². The summed E-state index contributed by atoms with van der Waals surface area (Å²) in [7, 11) is 0. The van der Waals surface area contributed by atoms with E-state index in [1.807, 2.05) is 4.90 Å². The maximum atomic E-state index is 11.8. The van der Waals surface area contributed by atoms with Gasteiger partial charge in [0, 0.05) is 25.8 Å². The number of thioether (sulfide) groups is 1. The number of amides is 2. The second-order valence-electron chi connectivity index (χ2n) is 4.55. The van der Waals surface area contributed by atoms with E-state index in [2.05, 4.69) is 5.32 Å². The van der Waals surface area contributed by atoms with Gasteiger partial charge in [0.05, 0.1) is 5.75 Å². The highest BCUT2D eigenvalue weighted by Crippen LogP contribution is 2.12. The first-order valence-corrected chi connectivity index (χ1v) is 7.51. The Bertz CT molecular complexity index is 343. The van der Waals surface area contributed by atoms with E-state index in [1.54, 1.807) is 0 Å². The Morgan fingerprint density at radius 2 is 1.89 bits per heavy atom. The molecule has 0 spiro atoms. The van der Waals surface area contributed by atoms with Crippen LogP contribution in [-0.4, -0.2) is 58.4 Å². The third kappa shape index (κ3) is 5.96. The van der Waals surface area contributed by atoms with Gasteiger partial charge in [0.25, 0.3) is 0 Å². The molecule has 0 bridgehead atoms. The van der Waals surface area contributed by atoms with Crippen LogP contribution >= 0.6 is 11.8 Å². The molecule has 1 aliphatic heterocycles. The Balaban J connectivity index is 2.28. The highest BCUT2D eigenvalue weighted by atomic mass is 32.2. The van der Waals surface area contributed by atoms with Crippen LogP contribution < -0.4 is 5.32 Å². The predicted octanol–water partition coefficient (Wildman–Crippen LogP) is 0.321. The van der Waals surface area contributed by atoms with Crippen molar-refractivity contribution in [1.29, 1.82) is 0 Å². The number of carbonyl (C=O) groups is 3. The summed E-state index contributed by atoms with van der Waals surface area (Å²) in [5.41, 5.74) is 0. The van der Waals surface area contributed by atoms with Crippen LogP contribution in [0, 0.1) is 0 Å². The van der Waals surface area contributed by atoms with Crippen molar-refractivity contribution in [3.8, 4) is 0 Å². The minimum atomic E-state index is -1.08. The average Bonchev–Trinajstić information content (AvgIpc) is 2.37. The number of aliphatic carboxylic acids is 1. The van der Waals surface area contributed by atoms with Gasteiger partial charge in [0.1, 0.15) is 6.04 Å². The molecule has 0 aromatic heterocycles. The monoisotopic (exact) mass is 288 g/mol. The molecule has 1 heterocycles. The molecule has 0 aromatic rings. The van der Waals surface area contributed by atoms with E-state index in [4.69, 9.17) is 5.11 Å². The van der Waals surface area contributed by atoms with E-state index < -0.39 is 12.0 Å². The van der Waals surface area contributed by atoms with Crippen LogP contribution in [-0.2, 0) is 14.4 Å². The number of piperidine rings is 1. The van der Waals surface area contributed by atoms with Gasteiger partial charge in [-0.1, -0.05) is 0 Å². The summed E-state index contributed by atoms with van der Waals surface area (Å²) >= 11 is 1.25. The third-order valence-electron chi connectivity index (χ3n) is 2.89. The summed E-state index contributed by atoms with van der Waals surface area (Å²) in [6.45, 7) is 2.88. The number of carbonyl (C=O) groups excluding carboxylic acids is 2. The standard InChI is InChI=1S/C12H20N2O4S/c1-9(15)13-10(12(17)18)7-19-8-11(16)14-5-3-2-4-6-14/h10H,2-8H2,1H3,(H,13,15)(H,17,18)/t10-/m0/s1. The van der Waals surface area contributed by atoms with Crippen LogP contribution in [0.15, 0.2) is 0 Å². The number of likely N-dealkylation sites (tertiary alicyclic amines) is 1. The molecule has 1 saturated heterocycles. The van der Waals surface area contributed by atoms with Crippen LogP contribution in [0.1, 0.15) is 26.2 Å². The minimum Gasteiger partial charge on any atom is -0.480 e. The molecule has 0 unspecified atom stereocenters. The van der Waals surface area contributed by atoms with Crippen LogP contribution in [0.5, 0.6) is 0 Å². The molecule has 0 saturated carbocycles. The van der Waals surface area contributed by atoms with Gasteiger partial charge in [0.2, 0.25) is 11.8 Å². The molecule has 7 heteroatoms. The summed E-state index contributed by atoms with van der Waals surface area (Å²) in [5.74, 6) is -0.933. The normalized spacial score (nSPS) is 16.8. The van der Waals surface area contributed by atoms with Crippen LogP contribution in [0.3, 0.4) is 0 Å². The van der Waals surface area contributed by atoms with Crippen molar-refractivity contribution in [3.05, 3.63) is 0 Å². The molecule has 1 fully saturated rings. The zero-order valence-corrected chi connectivity index (χ0v) is 11.9.